The Bertz CT molecular complexity index is 1060. The molecular weight excluding hydrogens is 376 g/mol. The maximum absolute atomic E-state index is 7.67. The SMILES string of the molecule is N=C(N)c1sccc1-c1csc(Nc2ccc(Oc3ccccc3)cc2)n1. The predicted molar refractivity (Wildman–Crippen MR) is 113 cm³/mol. The van der Waals surface area contributed by atoms with Crippen LogP contribution in [0.25, 0.3) is 11.3 Å². The van der Waals surface area contributed by atoms with Crippen LogP contribution in [0.15, 0.2) is 71.4 Å². The normalized spacial score (nSPS) is 10.5. The molecular formula is C20H16N4OS2. The molecule has 7 heteroatoms. The predicted octanol–water partition coefficient (Wildman–Crippen LogP) is 5.69. The first-order valence-electron chi connectivity index (χ1n) is 8.17. The zero-order valence-electron chi connectivity index (χ0n) is 14.2. The number of nitrogen functional groups attached to an aromatic ring is 1. The van der Waals surface area contributed by atoms with Gasteiger partial charge in [-0.25, -0.2) is 4.98 Å². The molecule has 134 valence electrons. The maximum Gasteiger partial charge on any atom is 0.187 e. The fourth-order valence-electron chi connectivity index (χ4n) is 2.53. The van der Waals surface area contributed by atoms with Crippen LogP contribution in [-0.2, 0) is 0 Å². The molecule has 0 amide bonds. The Balaban J connectivity index is 1.46. The van der Waals surface area contributed by atoms with E-state index in [0.29, 0.717) is 0 Å². The summed E-state index contributed by atoms with van der Waals surface area (Å²) in [6.07, 6.45) is 0. The van der Waals surface area contributed by atoms with E-state index in [4.69, 9.17) is 15.9 Å². The van der Waals surface area contributed by atoms with E-state index in [0.717, 1.165) is 38.5 Å². The van der Waals surface area contributed by atoms with Crippen molar-refractivity contribution in [3.8, 4) is 22.8 Å². The first-order valence-corrected chi connectivity index (χ1v) is 9.93. The van der Waals surface area contributed by atoms with Crippen LogP contribution < -0.4 is 15.8 Å². The first-order chi connectivity index (χ1) is 13.2. The average molecular weight is 393 g/mol. The molecule has 27 heavy (non-hydrogen) atoms. The number of benzene rings is 2. The number of nitrogens with zero attached hydrogens (tertiary/aromatic N) is 1. The Kier molecular flexibility index (Phi) is 4.86. The van der Waals surface area contributed by atoms with Crippen molar-refractivity contribution >= 4 is 39.3 Å². The third-order valence-electron chi connectivity index (χ3n) is 3.77. The summed E-state index contributed by atoms with van der Waals surface area (Å²) in [5.74, 6) is 1.65. The summed E-state index contributed by atoms with van der Waals surface area (Å²) >= 11 is 2.96. The number of rotatable bonds is 6. The van der Waals surface area contributed by atoms with Gasteiger partial charge in [0, 0.05) is 16.6 Å². The summed E-state index contributed by atoms with van der Waals surface area (Å²) in [4.78, 5) is 5.36. The highest BCUT2D eigenvalue weighted by Crippen LogP contribution is 2.32. The second-order valence-electron chi connectivity index (χ2n) is 5.68. The number of nitrogens with one attached hydrogen (secondary N) is 2. The zero-order valence-corrected chi connectivity index (χ0v) is 15.8. The molecule has 0 atom stereocenters. The molecule has 0 spiro atoms. The third kappa shape index (κ3) is 3.99. The van der Waals surface area contributed by atoms with Crippen molar-refractivity contribution in [2.24, 2.45) is 5.73 Å². The summed E-state index contributed by atoms with van der Waals surface area (Å²) in [5, 5.41) is 15.6. The van der Waals surface area contributed by atoms with Crippen LogP contribution in [0, 0.1) is 5.41 Å². The molecule has 0 unspecified atom stereocenters. The summed E-state index contributed by atoms with van der Waals surface area (Å²) in [5.41, 5.74) is 8.27. The quantitative estimate of drug-likeness (QED) is 0.291. The number of thiazole rings is 1. The largest absolute Gasteiger partial charge is 0.457 e. The fourth-order valence-corrected chi connectivity index (χ4v) is 4.03. The second kappa shape index (κ2) is 7.61. The van der Waals surface area contributed by atoms with E-state index >= 15 is 0 Å². The van der Waals surface area contributed by atoms with Gasteiger partial charge in [-0.05, 0) is 47.8 Å². The van der Waals surface area contributed by atoms with Gasteiger partial charge in [-0.15, -0.1) is 22.7 Å². The lowest BCUT2D eigenvalue weighted by molar-refractivity contribution is 0.483. The molecule has 0 aliphatic heterocycles. The minimum absolute atomic E-state index is 0.0662. The van der Waals surface area contributed by atoms with Gasteiger partial charge in [0.05, 0.1) is 10.6 Å². The number of para-hydroxylation sites is 1. The van der Waals surface area contributed by atoms with Gasteiger partial charge in [0.2, 0.25) is 0 Å². The molecule has 0 aliphatic carbocycles. The van der Waals surface area contributed by atoms with E-state index in [1.807, 2.05) is 71.4 Å². The van der Waals surface area contributed by atoms with E-state index in [9.17, 15) is 0 Å². The van der Waals surface area contributed by atoms with Crippen LogP contribution in [0.2, 0.25) is 0 Å². The number of aromatic nitrogens is 1. The summed E-state index contributed by atoms with van der Waals surface area (Å²) in [7, 11) is 0. The lowest BCUT2D eigenvalue weighted by Gasteiger charge is -2.07. The first kappa shape index (κ1) is 17.3. The molecule has 0 saturated heterocycles. The number of hydrogen-bond acceptors (Lipinski definition) is 6. The van der Waals surface area contributed by atoms with Gasteiger partial charge in [-0.3, -0.25) is 5.41 Å². The molecule has 2 aromatic carbocycles. The van der Waals surface area contributed by atoms with Gasteiger partial charge in [0.15, 0.2) is 5.13 Å². The molecule has 2 heterocycles. The van der Waals surface area contributed by atoms with E-state index in [1.165, 1.54) is 22.7 Å². The average Bonchev–Trinajstić information content (AvgIpc) is 3.33. The van der Waals surface area contributed by atoms with Crippen LogP contribution >= 0.6 is 22.7 Å². The number of anilines is 2. The van der Waals surface area contributed by atoms with E-state index in [1.54, 1.807) is 0 Å². The number of ether oxygens (including phenoxy) is 1. The van der Waals surface area contributed by atoms with Gasteiger partial charge < -0.3 is 15.8 Å². The molecule has 4 N–H and O–H groups in total. The van der Waals surface area contributed by atoms with Crippen molar-refractivity contribution in [2.45, 2.75) is 0 Å². The molecule has 0 bridgehead atoms. The molecule has 2 aromatic heterocycles. The molecule has 0 aliphatic rings. The molecule has 0 radical (unpaired) electrons. The van der Waals surface area contributed by atoms with Crippen molar-refractivity contribution in [2.75, 3.05) is 5.32 Å². The molecule has 4 aromatic rings. The Labute approximate surface area is 164 Å². The summed E-state index contributed by atoms with van der Waals surface area (Å²) in [6.45, 7) is 0. The highest BCUT2D eigenvalue weighted by Gasteiger charge is 2.12. The minimum atomic E-state index is 0.0662. The highest BCUT2D eigenvalue weighted by atomic mass is 32.1. The molecule has 0 fully saturated rings. The van der Waals surface area contributed by atoms with Gasteiger partial charge in [-0.2, -0.15) is 0 Å². The van der Waals surface area contributed by atoms with Crippen molar-refractivity contribution in [3.63, 3.8) is 0 Å². The third-order valence-corrected chi connectivity index (χ3v) is 5.48. The lowest BCUT2D eigenvalue weighted by atomic mass is 10.2. The summed E-state index contributed by atoms with van der Waals surface area (Å²) in [6, 6.07) is 19.3. The minimum Gasteiger partial charge on any atom is -0.457 e. The maximum atomic E-state index is 7.67. The topological polar surface area (TPSA) is 84.0 Å². The van der Waals surface area contributed by atoms with Crippen molar-refractivity contribution in [3.05, 3.63) is 76.3 Å². The van der Waals surface area contributed by atoms with E-state index in [-0.39, 0.29) is 5.84 Å². The monoisotopic (exact) mass is 392 g/mol. The number of thiophene rings is 1. The Morgan fingerprint density at radius 2 is 1.70 bits per heavy atom. The molecule has 4 rings (SSSR count). The highest BCUT2D eigenvalue weighted by molar-refractivity contribution is 7.14. The fraction of sp³-hybridized carbons (Fsp3) is 0. The van der Waals surface area contributed by atoms with Crippen molar-refractivity contribution in [1.82, 2.24) is 4.98 Å². The van der Waals surface area contributed by atoms with E-state index < -0.39 is 0 Å². The van der Waals surface area contributed by atoms with Gasteiger partial charge in [-0.1, -0.05) is 18.2 Å². The van der Waals surface area contributed by atoms with Gasteiger partial charge in [0.1, 0.15) is 17.3 Å². The van der Waals surface area contributed by atoms with Crippen molar-refractivity contribution < 1.29 is 4.74 Å². The Hall–Kier alpha value is -3.16. The van der Waals surface area contributed by atoms with Gasteiger partial charge in [0.25, 0.3) is 0 Å². The lowest BCUT2D eigenvalue weighted by Crippen LogP contribution is -2.09. The standard InChI is InChI=1S/C20H16N4OS2/c21-19(22)18-16(10-11-26-18)17-12-27-20(24-17)23-13-6-8-15(9-7-13)25-14-4-2-1-3-5-14/h1-12H,(H3,21,22)(H,23,24). The molecule has 5 nitrogen and oxygen atoms in total. The summed E-state index contributed by atoms with van der Waals surface area (Å²) < 4.78 is 5.80. The molecule has 0 saturated carbocycles. The van der Waals surface area contributed by atoms with E-state index in [2.05, 4.69) is 10.3 Å². The van der Waals surface area contributed by atoms with Crippen LogP contribution in [0.5, 0.6) is 11.5 Å². The van der Waals surface area contributed by atoms with Crippen LogP contribution in [0.3, 0.4) is 0 Å². The van der Waals surface area contributed by atoms with Crippen LogP contribution in [0.1, 0.15) is 4.88 Å². The Morgan fingerprint density at radius 1 is 0.963 bits per heavy atom. The number of amidine groups is 1. The van der Waals surface area contributed by atoms with Crippen LogP contribution in [0.4, 0.5) is 10.8 Å². The van der Waals surface area contributed by atoms with Crippen LogP contribution in [-0.4, -0.2) is 10.8 Å². The second-order valence-corrected chi connectivity index (χ2v) is 7.45. The van der Waals surface area contributed by atoms with Crippen molar-refractivity contribution in [1.29, 1.82) is 5.41 Å². The smallest absolute Gasteiger partial charge is 0.187 e. The number of hydrogen-bond donors (Lipinski definition) is 3. The number of nitrogens with two attached hydrogens (primary N) is 1. The zero-order chi connectivity index (χ0) is 18.6. The Morgan fingerprint density at radius 3 is 2.44 bits per heavy atom. The van der Waals surface area contributed by atoms with Gasteiger partial charge >= 0.3 is 0 Å².